The number of hydrogen-bond acceptors (Lipinski definition) is 8. The van der Waals surface area contributed by atoms with E-state index in [-0.39, 0.29) is 65.5 Å². The summed E-state index contributed by atoms with van der Waals surface area (Å²) in [5, 5.41) is 0. The average Bonchev–Trinajstić information content (AvgIpc) is 4.02. The number of anilines is 1. The molecule has 0 aliphatic carbocycles. The van der Waals surface area contributed by atoms with Crippen molar-refractivity contribution in [2.24, 2.45) is 11.8 Å². The van der Waals surface area contributed by atoms with Gasteiger partial charge in [0.25, 0.3) is 23.6 Å². The number of nitrogens with zero attached hydrogens (tertiary/aromatic N) is 4. The van der Waals surface area contributed by atoms with Gasteiger partial charge in [-0.3, -0.25) is 58.0 Å². The molecule has 8 amide bonds. The summed E-state index contributed by atoms with van der Waals surface area (Å²) >= 11 is 0. The predicted molar refractivity (Wildman–Crippen MR) is 285 cm³/mol. The number of benzene rings is 6. The molecule has 2 atom stereocenters. The first-order valence-electron chi connectivity index (χ1n) is 25.7. The molecule has 12 nitrogen and oxygen atoms in total. The van der Waals surface area contributed by atoms with E-state index in [0.29, 0.717) is 53.7 Å². The van der Waals surface area contributed by atoms with Crippen molar-refractivity contribution in [3.63, 3.8) is 0 Å². The first-order valence-corrected chi connectivity index (χ1v) is 25.7. The fourth-order valence-corrected chi connectivity index (χ4v) is 10.4. The first-order chi connectivity index (χ1) is 35.7. The standard InChI is InChI=1S/C33H34N2O4.C29H26N2O4/c1-22-8-10-23(11-9-22)24-12-14-25(15-13-24)26-16-18-29(19-17-26)35-31(37)21-28(33(35)39)7-5-3-4-6-27-20-30(36)34(2)32(27)38;1-3-4-5-6-15-31-28(34)23-14-12-21(17-25(23)29(31)35)19-9-7-18(8-10-19)20-11-13-22-24(16-20)27(33)30(2)26(22)32/h8-19,27-28H,3-7,20-21H2,1-2H3;7-14,16-17H,3-6,15H2,1-2H3. The molecule has 0 aromatic heterocycles. The number of fused-ring (bicyclic) bond motifs is 2. The number of rotatable bonds is 16. The zero-order valence-electron chi connectivity index (χ0n) is 42.4. The Morgan fingerprint density at radius 1 is 0.405 bits per heavy atom. The number of likely N-dealkylation sites (tertiary alicyclic amines) is 1. The van der Waals surface area contributed by atoms with Crippen molar-refractivity contribution in [1.82, 2.24) is 14.7 Å². The number of unbranched alkanes of at least 4 members (excludes halogenated alkanes) is 5. The number of amides is 8. The number of aryl methyl sites for hydroxylation is 1. The van der Waals surface area contributed by atoms with Gasteiger partial charge in [-0.05, 0) is 107 Å². The minimum Gasteiger partial charge on any atom is -0.285 e. The Balaban J connectivity index is 0.000000183. The zero-order valence-corrected chi connectivity index (χ0v) is 42.4. The van der Waals surface area contributed by atoms with Gasteiger partial charge >= 0.3 is 0 Å². The molecule has 6 aromatic carbocycles. The molecule has 0 bridgehead atoms. The van der Waals surface area contributed by atoms with Gasteiger partial charge in [0, 0.05) is 45.3 Å². The summed E-state index contributed by atoms with van der Waals surface area (Å²) in [6, 6.07) is 42.9. The summed E-state index contributed by atoms with van der Waals surface area (Å²) < 4.78 is 0. The lowest BCUT2D eigenvalue weighted by Gasteiger charge is -2.16. The fourth-order valence-electron chi connectivity index (χ4n) is 10.4. The van der Waals surface area contributed by atoms with Crippen LogP contribution in [0.5, 0.6) is 0 Å². The Kier molecular flexibility index (Phi) is 15.1. The van der Waals surface area contributed by atoms with Gasteiger partial charge in [-0.2, -0.15) is 0 Å². The van der Waals surface area contributed by atoms with Gasteiger partial charge in [0.05, 0.1) is 27.9 Å². The Labute approximate surface area is 432 Å². The number of carbonyl (C=O) groups is 8. The van der Waals surface area contributed by atoms with E-state index < -0.39 is 0 Å². The van der Waals surface area contributed by atoms with Crippen LogP contribution in [0.2, 0.25) is 0 Å². The maximum Gasteiger partial charge on any atom is 0.261 e. The second kappa shape index (κ2) is 21.9. The fraction of sp³-hybridized carbons (Fsp3) is 0.290. The van der Waals surface area contributed by atoms with Gasteiger partial charge in [-0.15, -0.1) is 0 Å². The third kappa shape index (κ3) is 10.4. The normalized spacial score (nSPS) is 17.2. The maximum absolute atomic E-state index is 13.1. The van der Waals surface area contributed by atoms with Crippen LogP contribution in [-0.2, 0) is 19.2 Å². The van der Waals surface area contributed by atoms with Crippen molar-refractivity contribution in [1.29, 1.82) is 0 Å². The monoisotopic (exact) mass is 988 g/mol. The highest BCUT2D eigenvalue weighted by Crippen LogP contribution is 2.35. The molecule has 4 aliphatic rings. The Bertz CT molecular complexity index is 3180. The van der Waals surface area contributed by atoms with Crippen LogP contribution in [0.15, 0.2) is 133 Å². The maximum atomic E-state index is 13.1. The van der Waals surface area contributed by atoms with Gasteiger partial charge in [0.15, 0.2) is 0 Å². The molecule has 4 aliphatic heterocycles. The molecule has 2 fully saturated rings. The predicted octanol–water partition coefficient (Wildman–Crippen LogP) is 11.6. The molecule has 2 saturated heterocycles. The molecule has 376 valence electrons. The Hall–Kier alpha value is -8.12. The van der Waals surface area contributed by atoms with Crippen LogP contribution in [0.1, 0.15) is 125 Å². The van der Waals surface area contributed by atoms with Crippen molar-refractivity contribution in [3.05, 3.63) is 161 Å². The third-order valence-electron chi connectivity index (χ3n) is 14.9. The van der Waals surface area contributed by atoms with Gasteiger partial charge in [0.2, 0.25) is 23.6 Å². The highest BCUT2D eigenvalue weighted by Gasteiger charge is 2.40. The topological polar surface area (TPSA) is 150 Å². The van der Waals surface area contributed by atoms with Crippen molar-refractivity contribution >= 4 is 52.9 Å². The number of hydrogen-bond donors (Lipinski definition) is 0. The lowest BCUT2D eigenvalue weighted by molar-refractivity contribution is -0.137. The SMILES string of the molecule is CCCCCCN1C(=O)c2ccc(-c3ccc(-c4ccc5c(c4)C(=O)N(C)C5=O)cc3)cc2C1=O.Cc1ccc(-c2ccc(-c3ccc(N4C(=O)CC(CCCCCC5CC(=O)N(C)C5=O)C4=O)cc3)cc2)cc1. The lowest BCUT2D eigenvalue weighted by atomic mass is 9.96. The van der Waals surface area contributed by atoms with Crippen molar-refractivity contribution in [2.45, 2.75) is 84.5 Å². The van der Waals surface area contributed by atoms with Crippen LogP contribution in [-0.4, -0.2) is 82.6 Å². The zero-order chi connectivity index (χ0) is 52.2. The molecule has 74 heavy (non-hydrogen) atoms. The van der Waals surface area contributed by atoms with Crippen LogP contribution >= 0.6 is 0 Å². The smallest absolute Gasteiger partial charge is 0.261 e. The van der Waals surface area contributed by atoms with Gasteiger partial charge in [-0.1, -0.05) is 148 Å². The van der Waals surface area contributed by atoms with E-state index in [9.17, 15) is 38.4 Å². The molecule has 0 N–H and O–H groups in total. The van der Waals surface area contributed by atoms with Crippen LogP contribution in [0, 0.1) is 18.8 Å². The molecule has 0 saturated carbocycles. The minimum atomic E-state index is -0.299. The van der Waals surface area contributed by atoms with Crippen molar-refractivity contribution < 1.29 is 38.4 Å². The molecule has 0 radical (unpaired) electrons. The first kappa shape index (κ1) is 50.8. The van der Waals surface area contributed by atoms with Crippen LogP contribution in [0.25, 0.3) is 44.5 Å². The minimum absolute atomic E-state index is 0.0857. The number of carbonyl (C=O) groups excluding carboxylic acids is 8. The van der Waals surface area contributed by atoms with Crippen molar-refractivity contribution in [2.75, 3.05) is 25.5 Å². The quantitative estimate of drug-likeness (QED) is 0.0687. The number of imide groups is 4. The molecule has 4 heterocycles. The Morgan fingerprint density at radius 3 is 1.32 bits per heavy atom. The average molecular weight is 989 g/mol. The largest absolute Gasteiger partial charge is 0.285 e. The van der Waals surface area contributed by atoms with E-state index in [2.05, 4.69) is 62.4 Å². The summed E-state index contributed by atoms with van der Waals surface area (Å²) in [6.45, 7) is 4.67. The van der Waals surface area contributed by atoms with Crippen LogP contribution in [0.4, 0.5) is 5.69 Å². The van der Waals surface area contributed by atoms with E-state index in [1.807, 2.05) is 60.7 Å². The summed E-state index contributed by atoms with van der Waals surface area (Å²) in [7, 11) is 3.02. The lowest BCUT2D eigenvalue weighted by Crippen LogP contribution is -2.30. The van der Waals surface area contributed by atoms with Gasteiger partial charge in [0.1, 0.15) is 0 Å². The summed E-state index contributed by atoms with van der Waals surface area (Å²) in [6.07, 6.45) is 8.45. The van der Waals surface area contributed by atoms with E-state index in [1.165, 1.54) is 39.9 Å². The van der Waals surface area contributed by atoms with Gasteiger partial charge < -0.3 is 0 Å². The summed E-state index contributed by atoms with van der Waals surface area (Å²) in [5.41, 5.74) is 11.6. The van der Waals surface area contributed by atoms with E-state index in [0.717, 1.165) is 88.8 Å². The van der Waals surface area contributed by atoms with E-state index >= 15 is 0 Å². The molecule has 2 unspecified atom stereocenters. The second-order valence-corrected chi connectivity index (χ2v) is 19.9. The third-order valence-corrected chi connectivity index (χ3v) is 14.9. The van der Waals surface area contributed by atoms with Gasteiger partial charge in [-0.25, -0.2) is 0 Å². The molecule has 6 aromatic rings. The summed E-state index contributed by atoms with van der Waals surface area (Å²) in [5.74, 6) is -1.99. The molecular formula is C62H60N4O8. The Morgan fingerprint density at radius 2 is 0.811 bits per heavy atom. The second-order valence-electron chi connectivity index (χ2n) is 19.9. The van der Waals surface area contributed by atoms with Crippen molar-refractivity contribution in [3.8, 4) is 44.5 Å². The highest BCUT2D eigenvalue weighted by molar-refractivity contribution is 6.23. The highest BCUT2D eigenvalue weighted by atomic mass is 16.2. The van der Waals surface area contributed by atoms with E-state index in [1.54, 1.807) is 24.3 Å². The molecular weight excluding hydrogens is 929 g/mol. The summed E-state index contributed by atoms with van der Waals surface area (Å²) in [4.78, 5) is 105. The van der Waals surface area contributed by atoms with Crippen LogP contribution < -0.4 is 4.90 Å². The molecule has 0 spiro atoms. The molecule has 12 heteroatoms. The molecule has 10 rings (SSSR count). The van der Waals surface area contributed by atoms with E-state index in [4.69, 9.17) is 0 Å². The van der Waals surface area contributed by atoms with Crippen LogP contribution in [0.3, 0.4) is 0 Å².